The molecular weight excluding hydrogens is 182 g/mol. The van der Waals surface area contributed by atoms with Crippen LogP contribution in [0.4, 0.5) is 0 Å². The standard InChI is InChI=1S/C10H17NO3/c1-6-8(10(3,4)5)9(13)14-11-7(2)12/h6H,1-5H3,(H,11,12). The van der Waals surface area contributed by atoms with Crippen molar-refractivity contribution in [1.29, 1.82) is 0 Å². The average molecular weight is 199 g/mol. The van der Waals surface area contributed by atoms with Crippen molar-refractivity contribution >= 4 is 11.9 Å². The topological polar surface area (TPSA) is 55.4 Å². The summed E-state index contributed by atoms with van der Waals surface area (Å²) in [6, 6.07) is 0. The first kappa shape index (κ1) is 12.7. The first-order valence-electron chi connectivity index (χ1n) is 4.43. The number of nitrogens with one attached hydrogen (secondary N) is 1. The molecule has 1 N–H and O–H groups in total. The Morgan fingerprint density at radius 3 is 2.07 bits per heavy atom. The zero-order chi connectivity index (χ0) is 11.4. The van der Waals surface area contributed by atoms with Crippen LogP contribution in [0.5, 0.6) is 0 Å². The summed E-state index contributed by atoms with van der Waals surface area (Å²) in [6.07, 6.45) is 1.68. The average Bonchev–Trinajstić information content (AvgIpc) is 1.99. The maximum absolute atomic E-state index is 11.4. The Kier molecular flexibility index (Phi) is 4.34. The number of hydrogen-bond acceptors (Lipinski definition) is 3. The molecule has 0 aromatic rings. The molecule has 14 heavy (non-hydrogen) atoms. The van der Waals surface area contributed by atoms with Crippen LogP contribution < -0.4 is 5.48 Å². The summed E-state index contributed by atoms with van der Waals surface area (Å²) in [5, 5.41) is 0. The van der Waals surface area contributed by atoms with E-state index in [4.69, 9.17) is 0 Å². The van der Waals surface area contributed by atoms with Gasteiger partial charge in [-0.2, -0.15) is 5.48 Å². The summed E-state index contributed by atoms with van der Waals surface area (Å²) in [7, 11) is 0. The third kappa shape index (κ3) is 4.07. The highest BCUT2D eigenvalue weighted by molar-refractivity contribution is 5.90. The molecule has 0 fully saturated rings. The van der Waals surface area contributed by atoms with Crippen LogP contribution in [0, 0.1) is 5.41 Å². The molecule has 1 amide bonds. The number of hydrogen-bond donors (Lipinski definition) is 1. The van der Waals surface area contributed by atoms with Crippen LogP contribution in [-0.4, -0.2) is 11.9 Å². The summed E-state index contributed by atoms with van der Waals surface area (Å²) in [4.78, 5) is 26.5. The summed E-state index contributed by atoms with van der Waals surface area (Å²) in [5.41, 5.74) is 2.25. The highest BCUT2D eigenvalue weighted by Gasteiger charge is 2.24. The Bertz CT molecular complexity index is 261. The SMILES string of the molecule is CC=C(C(=O)ONC(C)=O)C(C)(C)C. The second-order valence-electron chi connectivity index (χ2n) is 4.00. The number of allylic oxidation sites excluding steroid dienone is 1. The lowest BCUT2D eigenvalue weighted by Gasteiger charge is -2.20. The number of rotatable bonds is 1. The minimum absolute atomic E-state index is 0.287. The van der Waals surface area contributed by atoms with Crippen LogP contribution >= 0.6 is 0 Å². The predicted molar refractivity (Wildman–Crippen MR) is 53.1 cm³/mol. The van der Waals surface area contributed by atoms with Gasteiger partial charge in [0.1, 0.15) is 0 Å². The van der Waals surface area contributed by atoms with Gasteiger partial charge in [-0.25, -0.2) is 4.79 Å². The molecule has 4 heteroatoms. The molecule has 0 saturated carbocycles. The zero-order valence-corrected chi connectivity index (χ0v) is 9.30. The third-order valence-electron chi connectivity index (χ3n) is 1.60. The second-order valence-corrected chi connectivity index (χ2v) is 4.00. The molecule has 0 unspecified atom stereocenters. The molecular formula is C10H17NO3. The molecule has 4 nitrogen and oxygen atoms in total. The first-order valence-corrected chi connectivity index (χ1v) is 4.43. The Morgan fingerprint density at radius 1 is 1.29 bits per heavy atom. The van der Waals surface area contributed by atoms with Crippen LogP contribution in [0.3, 0.4) is 0 Å². The largest absolute Gasteiger partial charge is 0.359 e. The lowest BCUT2D eigenvalue weighted by Crippen LogP contribution is -2.29. The van der Waals surface area contributed by atoms with Crippen LogP contribution in [0.1, 0.15) is 34.6 Å². The number of carbonyl (C=O) groups excluding carboxylic acids is 2. The van der Waals surface area contributed by atoms with E-state index in [0.29, 0.717) is 5.57 Å². The fraction of sp³-hybridized carbons (Fsp3) is 0.600. The monoisotopic (exact) mass is 199 g/mol. The van der Waals surface area contributed by atoms with Crippen molar-refractivity contribution < 1.29 is 14.4 Å². The Morgan fingerprint density at radius 2 is 1.79 bits per heavy atom. The van der Waals surface area contributed by atoms with Gasteiger partial charge in [0.15, 0.2) is 0 Å². The molecule has 0 bridgehead atoms. The van der Waals surface area contributed by atoms with Crippen LogP contribution in [-0.2, 0) is 14.4 Å². The van der Waals surface area contributed by atoms with E-state index in [9.17, 15) is 9.59 Å². The van der Waals surface area contributed by atoms with E-state index in [0.717, 1.165) is 0 Å². The van der Waals surface area contributed by atoms with Crippen molar-refractivity contribution in [1.82, 2.24) is 5.48 Å². The van der Waals surface area contributed by atoms with Crippen molar-refractivity contribution in [2.24, 2.45) is 5.41 Å². The minimum Gasteiger partial charge on any atom is -0.336 e. The van der Waals surface area contributed by atoms with Gasteiger partial charge in [-0.3, -0.25) is 4.79 Å². The van der Waals surface area contributed by atoms with Gasteiger partial charge in [-0.05, 0) is 12.3 Å². The maximum atomic E-state index is 11.4. The van der Waals surface area contributed by atoms with Gasteiger partial charge in [0.2, 0.25) is 5.91 Å². The van der Waals surface area contributed by atoms with Crippen molar-refractivity contribution in [2.75, 3.05) is 0 Å². The van der Waals surface area contributed by atoms with E-state index >= 15 is 0 Å². The number of hydroxylamine groups is 1. The quantitative estimate of drug-likeness (QED) is 0.515. The molecule has 0 atom stereocenters. The molecule has 0 rings (SSSR count). The van der Waals surface area contributed by atoms with Crippen LogP contribution in [0.15, 0.2) is 11.6 Å². The van der Waals surface area contributed by atoms with Gasteiger partial charge in [0.25, 0.3) is 0 Å². The van der Waals surface area contributed by atoms with E-state index in [1.54, 1.807) is 13.0 Å². The summed E-state index contributed by atoms with van der Waals surface area (Å²) in [5.74, 6) is -0.919. The maximum Gasteiger partial charge on any atom is 0.359 e. The molecule has 0 aliphatic rings. The number of amides is 1. The van der Waals surface area contributed by atoms with Crippen LogP contribution in [0.25, 0.3) is 0 Å². The molecule has 0 aliphatic heterocycles. The highest BCUT2D eigenvalue weighted by Crippen LogP contribution is 2.25. The minimum atomic E-state index is -0.518. The Balaban J connectivity index is 4.44. The molecule has 80 valence electrons. The van der Waals surface area contributed by atoms with Gasteiger partial charge in [0.05, 0.1) is 0 Å². The Hall–Kier alpha value is -1.32. The molecule has 0 heterocycles. The second kappa shape index (κ2) is 4.79. The summed E-state index contributed by atoms with van der Waals surface area (Å²) >= 11 is 0. The molecule has 0 spiro atoms. The van der Waals surface area contributed by atoms with Gasteiger partial charge in [-0.1, -0.05) is 26.8 Å². The molecule has 0 aromatic heterocycles. The van der Waals surface area contributed by atoms with E-state index in [1.165, 1.54) is 6.92 Å². The van der Waals surface area contributed by atoms with E-state index < -0.39 is 11.9 Å². The normalized spacial score (nSPS) is 12.2. The van der Waals surface area contributed by atoms with E-state index in [1.807, 2.05) is 26.3 Å². The highest BCUT2D eigenvalue weighted by atomic mass is 16.7. The van der Waals surface area contributed by atoms with Gasteiger partial charge in [0, 0.05) is 12.5 Å². The van der Waals surface area contributed by atoms with Crippen molar-refractivity contribution in [3.05, 3.63) is 11.6 Å². The zero-order valence-electron chi connectivity index (χ0n) is 9.30. The molecule has 0 radical (unpaired) electrons. The van der Waals surface area contributed by atoms with Gasteiger partial charge >= 0.3 is 5.97 Å². The first-order chi connectivity index (χ1) is 6.29. The predicted octanol–water partition coefficient (Wildman–Crippen LogP) is 1.57. The fourth-order valence-electron chi connectivity index (χ4n) is 1.03. The molecule has 0 aliphatic carbocycles. The van der Waals surface area contributed by atoms with Crippen molar-refractivity contribution in [3.63, 3.8) is 0 Å². The summed E-state index contributed by atoms with van der Waals surface area (Å²) in [6.45, 7) is 8.74. The molecule has 0 aromatic carbocycles. The molecule has 0 saturated heterocycles. The van der Waals surface area contributed by atoms with Gasteiger partial charge in [-0.15, -0.1) is 0 Å². The van der Waals surface area contributed by atoms with E-state index in [-0.39, 0.29) is 5.41 Å². The Labute approximate surface area is 84.3 Å². The van der Waals surface area contributed by atoms with Crippen molar-refractivity contribution in [3.8, 4) is 0 Å². The summed E-state index contributed by atoms with van der Waals surface area (Å²) < 4.78 is 0. The lowest BCUT2D eigenvalue weighted by atomic mass is 9.86. The van der Waals surface area contributed by atoms with Crippen LogP contribution in [0.2, 0.25) is 0 Å². The van der Waals surface area contributed by atoms with E-state index in [2.05, 4.69) is 4.84 Å². The fourth-order valence-corrected chi connectivity index (χ4v) is 1.03. The number of carbonyl (C=O) groups is 2. The van der Waals surface area contributed by atoms with Crippen molar-refractivity contribution in [2.45, 2.75) is 34.6 Å². The lowest BCUT2D eigenvalue weighted by molar-refractivity contribution is -0.154. The smallest absolute Gasteiger partial charge is 0.336 e. The van der Waals surface area contributed by atoms with Gasteiger partial charge < -0.3 is 4.84 Å². The third-order valence-corrected chi connectivity index (χ3v) is 1.60.